The van der Waals surface area contributed by atoms with Gasteiger partial charge in [-0.1, -0.05) is 19.1 Å². The third-order valence-corrected chi connectivity index (χ3v) is 3.93. The van der Waals surface area contributed by atoms with Crippen LogP contribution >= 0.6 is 22.6 Å². The zero-order valence-electron chi connectivity index (χ0n) is 12.4. The van der Waals surface area contributed by atoms with Gasteiger partial charge < -0.3 is 10.6 Å². The molecule has 0 fully saturated rings. The Morgan fingerprint density at radius 2 is 1.64 bits per heavy atom. The molecule has 2 N–H and O–H groups in total. The zero-order chi connectivity index (χ0) is 16.1. The quantitative estimate of drug-likeness (QED) is 0.601. The molecule has 0 aliphatic heterocycles. The highest BCUT2D eigenvalue weighted by molar-refractivity contribution is 14.1. The van der Waals surface area contributed by atoms with Crippen LogP contribution in [0.3, 0.4) is 0 Å². The van der Waals surface area contributed by atoms with Crippen LogP contribution in [0.4, 0.5) is 11.4 Å². The molecule has 114 valence electrons. The molecule has 22 heavy (non-hydrogen) atoms. The molecular weight excluding hydrogens is 391 g/mol. The highest BCUT2D eigenvalue weighted by Gasteiger charge is 2.15. The summed E-state index contributed by atoms with van der Waals surface area (Å²) in [5.41, 5.74) is 3.34. The van der Waals surface area contributed by atoms with E-state index in [9.17, 15) is 9.59 Å². The molecule has 5 heteroatoms. The van der Waals surface area contributed by atoms with Gasteiger partial charge in [0.2, 0.25) is 0 Å². The van der Waals surface area contributed by atoms with Crippen LogP contribution in [0.15, 0.2) is 42.5 Å². The molecule has 0 radical (unpaired) electrons. The molecule has 2 aromatic carbocycles. The predicted octanol–water partition coefficient (Wildman–Crippen LogP) is 3.74. The van der Waals surface area contributed by atoms with Crippen LogP contribution in [0.2, 0.25) is 0 Å². The summed E-state index contributed by atoms with van der Waals surface area (Å²) < 4.78 is 1.08. The van der Waals surface area contributed by atoms with Gasteiger partial charge >= 0.3 is 11.8 Å². The van der Waals surface area contributed by atoms with Gasteiger partial charge in [-0.15, -0.1) is 0 Å². The maximum absolute atomic E-state index is 12.0. The summed E-state index contributed by atoms with van der Waals surface area (Å²) in [5, 5.41) is 5.22. The number of amides is 2. The first-order valence-corrected chi connectivity index (χ1v) is 8.05. The molecule has 2 amide bonds. The van der Waals surface area contributed by atoms with E-state index in [-0.39, 0.29) is 0 Å². The Morgan fingerprint density at radius 1 is 1.00 bits per heavy atom. The number of hydrogen-bond acceptors (Lipinski definition) is 2. The Bertz CT molecular complexity index is 696. The first kappa shape index (κ1) is 16.5. The lowest BCUT2D eigenvalue weighted by molar-refractivity contribution is -0.133. The molecule has 0 saturated carbocycles. The van der Waals surface area contributed by atoms with Crippen LogP contribution in [0.25, 0.3) is 0 Å². The number of carbonyl (C=O) groups excluding carboxylic acids is 2. The van der Waals surface area contributed by atoms with Crippen molar-refractivity contribution in [3.05, 3.63) is 57.2 Å². The molecule has 0 unspecified atom stereocenters. The third-order valence-electron chi connectivity index (χ3n) is 3.26. The van der Waals surface area contributed by atoms with Gasteiger partial charge in [0.25, 0.3) is 0 Å². The van der Waals surface area contributed by atoms with E-state index in [1.54, 1.807) is 18.2 Å². The fraction of sp³-hybridized carbons (Fsp3) is 0.176. The second-order valence-corrected chi connectivity index (χ2v) is 6.16. The summed E-state index contributed by atoms with van der Waals surface area (Å²) in [5.74, 6) is -1.36. The number of rotatable bonds is 3. The lowest BCUT2D eigenvalue weighted by atomic mass is 10.1. The van der Waals surface area contributed by atoms with E-state index in [1.807, 2.05) is 31.2 Å². The van der Waals surface area contributed by atoms with Gasteiger partial charge in [0, 0.05) is 14.9 Å². The molecule has 4 nitrogen and oxygen atoms in total. The third kappa shape index (κ3) is 4.30. The SMILES string of the molecule is CCc1ccc(NC(=O)C(=O)Nc2ccc(I)cc2C)cc1. The number of hydrogen-bond donors (Lipinski definition) is 2. The van der Waals surface area contributed by atoms with Crippen molar-refractivity contribution in [2.75, 3.05) is 10.6 Å². The van der Waals surface area contributed by atoms with Gasteiger partial charge in [0.1, 0.15) is 0 Å². The minimum atomic E-state index is -0.679. The maximum atomic E-state index is 12.0. The average Bonchev–Trinajstić information content (AvgIpc) is 2.50. The number of nitrogens with one attached hydrogen (secondary N) is 2. The zero-order valence-corrected chi connectivity index (χ0v) is 14.6. The van der Waals surface area contributed by atoms with Crippen LogP contribution in [0.1, 0.15) is 18.1 Å². The summed E-state index contributed by atoms with van der Waals surface area (Å²) in [4.78, 5) is 23.9. The summed E-state index contributed by atoms with van der Waals surface area (Å²) in [6.45, 7) is 3.95. The smallest absolute Gasteiger partial charge is 0.314 e. The van der Waals surface area contributed by atoms with Crippen LogP contribution in [-0.4, -0.2) is 11.8 Å². The van der Waals surface area contributed by atoms with Crippen LogP contribution < -0.4 is 10.6 Å². The van der Waals surface area contributed by atoms with Crippen molar-refractivity contribution < 1.29 is 9.59 Å². The van der Waals surface area contributed by atoms with E-state index in [4.69, 9.17) is 0 Å². The first-order valence-electron chi connectivity index (χ1n) is 6.97. The summed E-state index contributed by atoms with van der Waals surface area (Å²) in [6, 6.07) is 13.0. The second kappa shape index (κ2) is 7.40. The van der Waals surface area contributed by atoms with Crippen LogP contribution in [0.5, 0.6) is 0 Å². The Morgan fingerprint density at radius 3 is 2.23 bits per heavy atom. The normalized spacial score (nSPS) is 10.1. The molecule has 0 saturated heterocycles. The summed E-state index contributed by atoms with van der Waals surface area (Å²) in [6.07, 6.45) is 0.931. The van der Waals surface area contributed by atoms with Gasteiger partial charge in [0.15, 0.2) is 0 Å². The van der Waals surface area contributed by atoms with E-state index in [2.05, 4.69) is 40.1 Å². The number of benzene rings is 2. The fourth-order valence-corrected chi connectivity index (χ4v) is 2.60. The molecule has 2 aromatic rings. The van der Waals surface area contributed by atoms with Crippen molar-refractivity contribution >= 4 is 45.8 Å². The largest absolute Gasteiger partial charge is 0.318 e. The van der Waals surface area contributed by atoms with Crippen LogP contribution in [-0.2, 0) is 16.0 Å². The van der Waals surface area contributed by atoms with Gasteiger partial charge in [0.05, 0.1) is 0 Å². The molecule has 0 heterocycles. The van der Waals surface area contributed by atoms with Crippen molar-refractivity contribution in [3.63, 3.8) is 0 Å². The van der Waals surface area contributed by atoms with Crippen molar-refractivity contribution in [2.45, 2.75) is 20.3 Å². The number of aryl methyl sites for hydroxylation is 2. The first-order chi connectivity index (χ1) is 10.5. The lowest BCUT2D eigenvalue weighted by Crippen LogP contribution is -2.29. The van der Waals surface area contributed by atoms with E-state index in [0.29, 0.717) is 11.4 Å². The van der Waals surface area contributed by atoms with Gasteiger partial charge in [-0.05, 0) is 77.4 Å². The van der Waals surface area contributed by atoms with E-state index < -0.39 is 11.8 Å². The van der Waals surface area contributed by atoms with Crippen LogP contribution in [0, 0.1) is 10.5 Å². The van der Waals surface area contributed by atoms with E-state index >= 15 is 0 Å². The van der Waals surface area contributed by atoms with Crippen molar-refractivity contribution in [1.82, 2.24) is 0 Å². The van der Waals surface area contributed by atoms with Gasteiger partial charge in [-0.3, -0.25) is 9.59 Å². The number of carbonyl (C=O) groups is 2. The number of halogens is 1. The Kier molecular flexibility index (Phi) is 5.54. The molecule has 0 bridgehead atoms. The maximum Gasteiger partial charge on any atom is 0.314 e. The monoisotopic (exact) mass is 408 g/mol. The average molecular weight is 408 g/mol. The molecular formula is C17H17IN2O2. The van der Waals surface area contributed by atoms with Crippen molar-refractivity contribution in [1.29, 1.82) is 0 Å². The molecule has 0 aromatic heterocycles. The van der Waals surface area contributed by atoms with E-state index in [0.717, 1.165) is 15.6 Å². The van der Waals surface area contributed by atoms with Gasteiger partial charge in [-0.25, -0.2) is 0 Å². The van der Waals surface area contributed by atoms with Crippen molar-refractivity contribution in [3.8, 4) is 0 Å². The molecule has 2 rings (SSSR count). The fourth-order valence-electron chi connectivity index (χ4n) is 1.96. The predicted molar refractivity (Wildman–Crippen MR) is 97.0 cm³/mol. The highest BCUT2D eigenvalue weighted by Crippen LogP contribution is 2.17. The minimum absolute atomic E-state index is 0.608. The van der Waals surface area contributed by atoms with E-state index in [1.165, 1.54) is 5.56 Å². The molecule has 0 spiro atoms. The summed E-state index contributed by atoms with van der Waals surface area (Å²) in [7, 11) is 0. The second-order valence-electron chi connectivity index (χ2n) is 4.92. The minimum Gasteiger partial charge on any atom is -0.318 e. The summed E-state index contributed by atoms with van der Waals surface area (Å²) >= 11 is 2.20. The molecule has 0 aliphatic carbocycles. The topological polar surface area (TPSA) is 58.2 Å². The Hall–Kier alpha value is -1.89. The Labute approximate surface area is 143 Å². The Balaban J connectivity index is 2.01. The highest BCUT2D eigenvalue weighted by atomic mass is 127. The number of anilines is 2. The standard InChI is InChI=1S/C17H17IN2O2/c1-3-12-4-7-14(8-5-12)19-16(21)17(22)20-15-9-6-13(18)10-11(15)2/h4-10H,3H2,1-2H3,(H,19,21)(H,20,22). The molecule has 0 atom stereocenters. The lowest BCUT2D eigenvalue weighted by Gasteiger charge is -2.09. The van der Waals surface area contributed by atoms with Gasteiger partial charge in [-0.2, -0.15) is 0 Å². The van der Waals surface area contributed by atoms with Crippen molar-refractivity contribution in [2.24, 2.45) is 0 Å². The molecule has 0 aliphatic rings.